The van der Waals surface area contributed by atoms with E-state index in [0.717, 1.165) is 13.1 Å². The standard InChI is InChI=1S/C19H26N4O4/c1-26-15-10-14(11-16(12-15)27-2)17(24)13-21-18(25)19(4-7-20-8-5-19)23-9-3-6-22-23/h3,6,9-12,17,20,24H,4-5,7-8,13H2,1-2H3,(H,21,25). The first-order valence-electron chi connectivity index (χ1n) is 8.99. The van der Waals surface area contributed by atoms with Gasteiger partial charge in [0.15, 0.2) is 0 Å². The largest absolute Gasteiger partial charge is 0.497 e. The molecule has 1 aliphatic heterocycles. The van der Waals surface area contributed by atoms with E-state index < -0.39 is 11.6 Å². The second kappa shape index (κ2) is 8.41. The van der Waals surface area contributed by atoms with E-state index in [2.05, 4.69) is 15.7 Å². The molecule has 0 bridgehead atoms. The Morgan fingerprint density at radius 2 is 1.96 bits per heavy atom. The summed E-state index contributed by atoms with van der Waals surface area (Å²) < 4.78 is 12.2. The number of aromatic nitrogens is 2. The van der Waals surface area contributed by atoms with Crippen LogP contribution in [0.1, 0.15) is 24.5 Å². The molecule has 0 radical (unpaired) electrons. The van der Waals surface area contributed by atoms with Gasteiger partial charge in [0.2, 0.25) is 5.91 Å². The molecule has 2 aromatic rings. The van der Waals surface area contributed by atoms with Crippen molar-refractivity contribution in [1.82, 2.24) is 20.4 Å². The Kier molecular flexibility index (Phi) is 5.98. The number of nitrogens with zero attached hydrogens (tertiary/aromatic N) is 2. The zero-order valence-corrected chi connectivity index (χ0v) is 15.6. The molecular formula is C19H26N4O4. The second-order valence-corrected chi connectivity index (χ2v) is 6.60. The maximum Gasteiger partial charge on any atom is 0.248 e. The summed E-state index contributed by atoms with van der Waals surface area (Å²) in [4.78, 5) is 13.0. The number of amides is 1. The SMILES string of the molecule is COc1cc(OC)cc(C(O)CNC(=O)C2(n3cccn3)CCNCC2)c1. The normalized spacial score (nSPS) is 17.1. The van der Waals surface area contributed by atoms with Gasteiger partial charge < -0.3 is 25.2 Å². The highest BCUT2D eigenvalue weighted by Crippen LogP contribution is 2.29. The average molecular weight is 374 g/mol. The number of benzene rings is 1. The topological polar surface area (TPSA) is 97.6 Å². The van der Waals surface area contributed by atoms with Gasteiger partial charge in [-0.05, 0) is 49.7 Å². The van der Waals surface area contributed by atoms with E-state index in [0.29, 0.717) is 29.9 Å². The predicted octanol–water partition coefficient (Wildman–Crippen LogP) is 0.829. The number of carbonyl (C=O) groups is 1. The Morgan fingerprint density at radius 1 is 1.30 bits per heavy atom. The van der Waals surface area contributed by atoms with E-state index in [1.54, 1.807) is 43.3 Å². The number of methoxy groups -OCH3 is 2. The van der Waals surface area contributed by atoms with Crippen LogP contribution in [0.4, 0.5) is 0 Å². The number of carbonyl (C=O) groups excluding carboxylic acids is 1. The van der Waals surface area contributed by atoms with Gasteiger partial charge in [0, 0.05) is 25.0 Å². The minimum atomic E-state index is -0.880. The van der Waals surface area contributed by atoms with E-state index in [1.165, 1.54) is 0 Å². The summed E-state index contributed by atoms with van der Waals surface area (Å²) >= 11 is 0. The van der Waals surface area contributed by atoms with E-state index in [-0.39, 0.29) is 12.5 Å². The number of ether oxygens (including phenoxy) is 2. The molecule has 0 aliphatic carbocycles. The summed E-state index contributed by atoms with van der Waals surface area (Å²) in [7, 11) is 3.11. The van der Waals surface area contributed by atoms with Gasteiger partial charge in [-0.15, -0.1) is 0 Å². The molecule has 3 rings (SSSR count). The Hall–Kier alpha value is -2.58. The molecule has 1 fully saturated rings. The van der Waals surface area contributed by atoms with Crippen molar-refractivity contribution in [3.05, 3.63) is 42.2 Å². The molecule has 0 saturated carbocycles. The fraction of sp³-hybridized carbons (Fsp3) is 0.474. The molecule has 8 heteroatoms. The van der Waals surface area contributed by atoms with Gasteiger partial charge in [-0.25, -0.2) is 0 Å². The van der Waals surface area contributed by atoms with Crippen LogP contribution in [0.2, 0.25) is 0 Å². The number of aliphatic hydroxyl groups is 1. The molecule has 146 valence electrons. The molecule has 1 atom stereocenters. The van der Waals surface area contributed by atoms with Gasteiger partial charge in [0.05, 0.1) is 20.3 Å². The van der Waals surface area contributed by atoms with Crippen molar-refractivity contribution in [2.24, 2.45) is 0 Å². The highest BCUT2D eigenvalue weighted by molar-refractivity contribution is 5.84. The Balaban J connectivity index is 1.72. The molecule has 1 aromatic heterocycles. The lowest BCUT2D eigenvalue weighted by molar-refractivity contribution is -0.132. The number of piperidine rings is 1. The van der Waals surface area contributed by atoms with Crippen LogP contribution in [0.3, 0.4) is 0 Å². The summed E-state index contributed by atoms with van der Waals surface area (Å²) in [5, 5.41) is 21.0. The Labute approximate surface area is 158 Å². The number of hydrogen-bond donors (Lipinski definition) is 3. The van der Waals surface area contributed by atoms with Crippen molar-refractivity contribution in [3.8, 4) is 11.5 Å². The van der Waals surface area contributed by atoms with Crippen molar-refractivity contribution >= 4 is 5.91 Å². The van der Waals surface area contributed by atoms with Gasteiger partial charge in [-0.3, -0.25) is 9.48 Å². The Morgan fingerprint density at radius 3 is 2.52 bits per heavy atom. The number of nitrogens with one attached hydrogen (secondary N) is 2. The molecule has 3 N–H and O–H groups in total. The van der Waals surface area contributed by atoms with Crippen LogP contribution in [0.5, 0.6) is 11.5 Å². The third kappa shape index (κ3) is 4.06. The molecule has 1 saturated heterocycles. The Bertz CT molecular complexity index is 735. The van der Waals surface area contributed by atoms with E-state index in [4.69, 9.17) is 9.47 Å². The van der Waals surface area contributed by atoms with Gasteiger partial charge in [-0.1, -0.05) is 0 Å². The minimum Gasteiger partial charge on any atom is -0.497 e. The third-order valence-electron chi connectivity index (χ3n) is 5.01. The molecule has 8 nitrogen and oxygen atoms in total. The summed E-state index contributed by atoms with van der Waals surface area (Å²) in [5.74, 6) is 1.03. The summed E-state index contributed by atoms with van der Waals surface area (Å²) in [6.45, 7) is 1.57. The zero-order chi connectivity index (χ0) is 19.3. The molecule has 0 spiro atoms. The maximum atomic E-state index is 13.0. The highest BCUT2D eigenvalue weighted by Gasteiger charge is 2.41. The summed E-state index contributed by atoms with van der Waals surface area (Å²) in [5.41, 5.74) is -0.120. The first-order valence-corrected chi connectivity index (χ1v) is 8.99. The minimum absolute atomic E-state index is 0.0889. The van der Waals surface area contributed by atoms with Crippen molar-refractivity contribution in [2.45, 2.75) is 24.5 Å². The van der Waals surface area contributed by atoms with Crippen LogP contribution in [-0.4, -0.2) is 54.6 Å². The van der Waals surface area contributed by atoms with E-state index in [9.17, 15) is 9.90 Å². The lowest BCUT2D eigenvalue weighted by Crippen LogP contribution is -2.55. The number of hydrogen-bond acceptors (Lipinski definition) is 6. The first kappa shape index (κ1) is 19.2. The van der Waals surface area contributed by atoms with E-state index >= 15 is 0 Å². The monoisotopic (exact) mass is 374 g/mol. The highest BCUT2D eigenvalue weighted by atomic mass is 16.5. The first-order chi connectivity index (χ1) is 13.1. The van der Waals surface area contributed by atoms with Crippen LogP contribution < -0.4 is 20.1 Å². The molecule has 1 aliphatic rings. The fourth-order valence-corrected chi connectivity index (χ4v) is 3.42. The lowest BCUT2D eigenvalue weighted by Gasteiger charge is -2.36. The second-order valence-electron chi connectivity index (χ2n) is 6.60. The van der Waals surface area contributed by atoms with Crippen LogP contribution >= 0.6 is 0 Å². The number of rotatable bonds is 7. The fourth-order valence-electron chi connectivity index (χ4n) is 3.42. The smallest absolute Gasteiger partial charge is 0.248 e. The summed E-state index contributed by atoms with van der Waals surface area (Å²) in [6.07, 6.45) is 3.89. The zero-order valence-electron chi connectivity index (χ0n) is 15.6. The molecule has 1 amide bonds. The maximum absolute atomic E-state index is 13.0. The van der Waals surface area contributed by atoms with Crippen LogP contribution in [0.25, 0.3) is 0 Å². The molecule has 1 unspecified atom stereocenters. The van der Waals surface area contributed by atoms with Gasteiger partial charge >= 0.3 is 0 Å². The predicted molar refractivity (Wildman–Crippen MR) is 99.8 cm³/mol. The molecule has 2 heterocycles. The van der Waals surface area contributed by atoms with Gasteiger partial charge in [-0.2, -0.15) is 5.10 Å². The summed E-state index contributed by atoms with van der Waals surface area (Å²) in [6, 6.07) is 7.01. The molecule has 1 aromatic carbocycles. The van der Waals surface area contributed by atoms with Crippen molar-refractivity contribution in [3.63, 3.8) is 0 Å². The number of aliphatic hydroxyl groups excluding tert-OH is 1. The molecular weight excluding hydrogens is 348 g/mol. The quantitative estimate of drug-likeness (QED) is 0.664. The van der Waals surface area contributed by atoms with E-state index in [1.807, 2.05) is 12.3 Å². The van der Waals surface area contributed by atoms with Crippen LogP contribution in [0.15, 0.2) is 36.7 Å². The molecule has 27 heavy (non-hydrogen) atoms. The van der Waals surface area contributed by atoms with Crippen molar-refractivity contribution < 1.29 is 19.4 Å². The van der Waals surface area contributed by atoms with Crippen molar-refractivity contribution in [2.75, 3.05) is 33.9 Å². The average Bonchev–Trinajstić information content (AvgIpc) is 3.27. The van der Waals surface area contributed by atoms with Crippen LogP contribution in [0, 0.1) is 0 Å². The van der Waals surface area contributed by atoms with Crippen molar-refractivity contribution in [1.29, 1.82) is 0 Å². The van der Waals surface area contributed by atoms with Crippen LogP contribution in [-0.2, 0) is 10.3 Å². The van der Waals surface area contributed by atoms with Gasteiger partial charge in [0.25, 0.3) is 0 Å². The lowest BCUT2D eigenvalue weighted by atomic mass is 9.87. The third-order valence-corrected chi connectivity index (χ3v) is 5.01. The van der Waals surface area contributed by atoms with Gasteiger partial charge in [0.1, 0.15) is 17.0 Å².